The summed E-state index contributed by atoms with van der Waals surface area (Å²) in [5, 5.41) is 0. The number of anilines is 1. The number of nitrogens with two attached hydrogens (primary N) is 1. The zero-order valence-corrected chi connectivity index (χ0v) is 12.0. The maximum Gasteiger partial charge on any atom is 0.241 e. The third kappa shape index (κ3) is 3.26. The number of rotatable bonds is 4. The minimum absolute atomic E-state index is 0.135. The van der Waals surface area contributed by atoms with Crippen molar-refractivity contribution < 1.29 is 13.2 Å². The fourth-order valence-corrected chi connectivity index (χ4v) is 3.86. The number of sulfonamides is 1. The quantitative estimate of drug-likeness (QED) is 0.816. The predicted molar refractivity (Wildman–Crippen MR) is 74.3 cm³/mol. The van der Waals surface area contributed by atoms with Crippen LogP contribution in [-0.2, 0) is 14.8 Å². The number of hydrogen-bond donors (Lipinski definition) is 2. The second kappa shape index (κ2) is 5.48. The summed E-state index contributed by atoms with van der Waals surface area (Å²) in [4.78, 5) is 0.285. The van der Waals surface area contributed by atoms with Gasteiger partial charge in [0.1, 0.15) is 0 Å². The third-order valence-electron chi connectivity index (χ3n) is 3.50. The largest absolute Gasteiger partial charge is 0.399 e. The predicted octanol–water partition coefficient (Wildman–Crippen LogP) is 1.28. The van der Waals surface area contributed by atoms with Gasteiger partial charge < -0.3 is 10.5 Å². The number of nitrogens with one attached hydrogen (secondary N) is 1. The van der Waals surface area contributed by atoms with E-state index in [1.54, 1.807) is 25.1 Å². The van der Waals surface area contributed by atoms with Crippen LogP contribution >= 0.6 is 0 Å². The van der Waals surface area contributed by atoms with E-state index in [2.05, 4.69) is 4.72 Å². The van der Waals surface area contributed by atoms with Gasteiger partial charge in [-0.2, -0.15) is 0 Å². The van der Waals surface area contributed by atoms with Crippen LogP contribution in [0.5, 0.6) is 0 Å². The minimum Gasteiger partial charge on any atom is -0.399 e. The molecule has 2 unspecified atom stereocenters. The molecule has 1 aliphatic rings. The van der Waals surface area contributed by atoms with Gasteiger partial charge in [0.05, 0.1) is 11.5 Å². The van der Waals surface area contributed by atoms with Crippen molar-refractivity contribution in [3.05, 3.63) is 23.8 Å². The molecule has 5 nitrogen and oxygen atoms in total. The van der Waals surface area contributed by atoms with Crippen LogP contribution in [0.3, 0.4) is 0 Å². The molecule has 1 aromatic rings. The molecular weight excluding hydrogens is 264 g/mol. The zero-order valence-electron chi connectivity index (χ0n) is 11.2. The molecule has 1 saturated heterocycles. The maximum absolute atomic E-state index is 12.3. The van der Waals surface area contributed by atoms with Gasteiger partial charge in [0.15, 0.2) is 0 Å². The van der Waals surface area contributed by atoms with Crippen molar-refractivity contribution in [2.75, 3.05) is 18.9 Å². The average molecular weight is 284 g/mol. The van der Waals surface area contributed by atoms with E-state index in [1.165, 1.54) is 0 Å². The fourth-order valence-electron chi connectivity index (χ4n) is 2.33. The Hall–Kier alpha value is -1.11. The first-order chi connectivity index (χ1) is 8.90. The Kier molecular flexibility index (Phi) is 4.13. The molecule has 0 amide bonds. The van der Waals surface area contributed by atoms with Crippen molar-refractivity contribution >= 4 is 15.7 Å². The Morgan fingerprint density at radius 1 is 1.47 bits per heavy atom. The van der Waals surface area contributed by atoms with Crippen LogP contribution in [-0.4, -0.2) is 27.7 Å². The van der Waals surface area contributed by atoms with Crippen molar-refractivity contribution in [1.29, 1.82) is 0 Å². The maximum atomic E-state index is 12.3. The Morgan fingerprint density at radius 2 is 2.21 bits per heavy atom. The number of aryl methyl sites for hydroxylation is 1. The summed E-state index contributed by atoms with van der Waals surface area (Å²) in [6, 6.07) is 4.68. The Bertz CT molecular complexity index is 551. The zero-order chi connectivity index (χ0) is 14.0. The summed E-state index contributed by atoms with van der Waals surface area (Å²) in [7, 11) is -3.51. The molecule has 3 N–H and O–H groups in total. The van der Waals surface area contributed by atoms with Crippen LogP contribution in [0.2, 0.25) is 0 Å². The second-order valence-electron chi connectivity index (χ2n) is 5.06. The van der Waals surface area contributed by atoms with Gasteiger partial charge in [-0.05, 0) is 44.0 Å². The SMILES string of the molecule is Cc1cc(N)ccc1S(=O)(=O)NC(C)C1CCOC1. The molecule has 1 aromatic carbocycles. The topological polar surface area (TPSA) is 81.4 Å². The lowest BCUT2D eigenvalue weighted by Crippen LogP contribution is -2.38. The Morgan fingerprint density at radius 3 is 2.79 bits per heavy atom. The van der Waals surface area contributed by atoms with Gasteiger partial charge in [0.2, 0.25) is 10.0 Å². The summed E-state index contributed by atoms with van der Waals surface area (Å²) >= 11 is 0. The monoisotopic (exact) mass is 284 g/mol. The van der Waals surface area contributed by atoms with E-state index < -0.39 is 10.0 Å². The van der Waals surface area contributed by atoms with Gasteiger partial charge in [-0.1, -0.05) is 0 Å². The van der Waals surface area contributed by atoms with Gasteiger partial charge in [0.25, 0.3) is 0 Å². The highest BCUT2D eigenvalue weighted by atomic mass is 32.2. The summed E-state index contributed by atoms with van der Waals surface area (Å²) in [5.41, 5.74) is 6.86. The van der Waals surface area contributed by atoms with Gasteiger partial charge in [-0.15, -0.1) is 0 Å². The summed E-state index contributed by atoms with van der Waals surface area (Å²) in [6.45, 7) is 4.94. The van der Waals surface area contributed by atoms with E-state index in [0.717, 1.165) is 6.42 Å². The standard InChI is InChI=1S/C13H20N2O3S/c1-9-7-12(14)3-4-13(9)19(16,17)15-10(2)11-5-6-18-8-11/h3-4,7,10-11,15H,5-6,8,14H2,1-2H3. The van der Waals surface area contributed by atoms with Gasteiger partial charge >= 0.3 is 0 Å². The average Bonchev–Trinajstić information content (AvgIpc) is 2.80. The molecular formula is C13H20N2O3S. The van der Waals surface area contributed by atoms with Crippen molar-refractivity contribution in [2.24, 2.45) is 5.92 Å². The number of hydrogen-bond acceptors (Lipinski definition) is 4. The summed E-state index contributed by atoms with van der Waals surface area (Å²) in [6.07, 6.45) is 0.893. The highest BCUT2D eigenvalue weighted by Gasteiger charge is 2.27. The van der Waals surface area contributed by atoms with E-state index >= 15 is 0 Å². The highest BCUT2D eigenvalue weighted by molar-refractivity contribution is 7.89. The van der Waals surface area contributed by atoms with E-state index in [4.69, 9.17) is 10.5 Å². The van der Waals surface area contributed by atoms with Crippen LogP contribution in [0.4, 0.5) is 5.69 Å². The normalized spacial score (nSPS) is 21.5. The van der Waals surface area contributed by atoms with Gasteiger partial charge in [-0.25, -0.2) is 13.1 Å². The van der Waals surface area contributed by atoms with E-state index in [1.807, 2.05) is 6.92 Å². The van der Waals surface area contributed by atoms with E-state index in [9.17, 15) is 8.42 Å². The van der Waals surface area contributed by atoms with Crippen molar-refractivity contribution in [1.82, 2.24) is 4.72 Å². The van der Waals surface area contributed by atoms with Gasteiger partial charge in [-0.3, -0.25) is 0 Å². The summed E-state index contributed by atoms with van der Waals surface area (Å²) < 4.78 is 32.7. The lowest BCUT2D eigenvalue weighted by molar-refractivity contribution is 0.180. The number of benzene rings is 1. The molecule has 6 heteroatoms. The molecule has 1 fully saturated rings. The van der Waals surface area contributed by atoms with E-state index in [0.29, 0.717) is 24.5 Å². The lowest BCUT2D eigenvalue weighted by atomic mass is 10.0. The van der Waals surface area contributed by atoms with Crippen LogP contribution in [0.1, 0.15) is 18.9 Å². The van der Waals surface area contributed by atoms with Crippen molar-refractivity contribution in [3.63, 3.8) is 0 Å². The second-order valence-corrected chi connectivity index (χ2v) is 6.74. The minimum atomic E-state index is -3.51. The molecule has 0 saturated carbocycles. The molecule has 1 heterocycles. The third-order valence-corrected chi connectivity index (χ3v) is 5.22. The first kappa shape index (κ1) is 14.3. The van der Waals surface area contributed by atoms with Crippen LogP contribution in [0.25, 0.3) is 0 Å². The molecule has 2 rings (SSSR count). The molecule has 0 bridgehead atoms. The molecule has 1 aliphatic heterocycles. The first-order valence-electron chi connectivity index (χ1n) is 6.36. The van der Waals surface area contributed by atoms with Crippen molar-refractivity contribution in [2.45, 2.75) is 31.2 Å². The van der Waals surface area contributed by atoms with Crippen LogP contribution in [0.15, 0.2) is 23.1 Å². The molecule has 2 atom stereocenters. The van der Waals surface area contributed by atoms with Gasteiger partial charge in [0, 0.05) is 24.3 Å². The summed E-state index contributed by atoms with van der Waals surface area (Å²) in [5.74, 6) is 0.240. The number of ether oxygens (including phenoxy) is 1. The molecule has 0 radical (unpaired) electrons. The Labute approximate surface area is 114 Å². The van der Waals surface area contributed by atoms with Crippen molar-refractivity contribution in [3.8, 4) is 0 Å². The highest BCUT2D eigenvalue weighted by Crippen LogP contribution is 2.21. The smallest absolute Gasteiger partial charge is 0.241 e. The van der Waals surface area contributed by atoms with Crippen LogP contribution < -0.4 is 10.5 Å². The van der Waals surface area contributed by atoms with Crippen LogP contribution in [0, 0.1) is 12.8 Å². The fraction of sp³-hybridized carbons (Fsp3) is 0.538. The first-order valence-corrected chi connectivity index (χ1v) is 7.84. The number of nitrogen functional groups attached to an aromatic ring is 1. The molecule has 106 valence electrons. The Balaban J connectivity index is 2.17. The molecule has 0 aliphatic carbocycles. The molecule has 0 aromatic heterocycles. The lowest BCUT2D eigenvalue weighted by Gasteiger charge is -2.20. The van der Waals surface area contributed by atoms with E-state index in [-0.39, 0.29) is 16.9 Å². The molecule has 19 heavy (non-hydrogen) atoms. The molecule has 0 spiro atoms.